The topological polar surface area (TPSA) is 48.8 Å². The minimum atomic E-state index is 0.0710. The molecule has 0 amide bonds. The molecule has 2 heterocycles. The van der Waals surface area contributed by atoms with Crippen molar-refractivity contribution in [3.8, 4) is 0 Å². The Bertz CT molecular complexity index is 706. The third kappa shape index (κ3) is 2.15. The van der Waals surface area contributed by atoms with Gasteiger partial charge in [-0.15, -0.1) is 0 Å². The molecule has 0 saturated carbocycles. The molecule has 2 N–H and O–H groups in total. The molecule has 0 spiro atoms. The first-order valence-corrected chi connectivity index (χ1v) is 6.47. The van der Waals surface area contributed by atoms with Crippen LogP contribution in [0.4, 0.5) is 0 Å². The summed E-state index contributed by atoms with van der Waals surface area (Å²) in [6.07, 6.45) is 4.15. The van der Waals surface area contributed by atoms with Gasteiger partial charge in [-0.3, -0.25) is 4.68 Å². The minimum absolute atomic E-state index is 0.0710. The quantitative estimate of drug-likeness (QED) is 0.780. The van der Waals surface area contributed by atoms with E-state index in [9.17, 15) is 0 Å². The van der Waals surface area contributed by atoms with Crippen LogP contribution >= 0.6 is 0 Å². The monoisotopic (exact) mass is 254 g/mol. The van der Waals surface area contributed by atoms with Crippen molar-refractivity contribution >= 4 is 10.9 Å². The zero-order valence-electron chi connectivity index (χ0n) is 11.2. The normalized spacial score (nSPS) is 13.0. The number of aryl methyl sites for hydroxylation is 1. The summed E-state index contributed by atoms with van der Waals surface area (Å²) in [5.41, 5.74) is 9.29. The third-order valence-electron chi connectivity index (χ3n) is 3.47. The average Bonchev–Trinajstić information content (AvgIpc) is 2.97. The lowest BCUT2D eigenvalue weighted by atomic mass is 10.2. The van der Waals surface area contributed by atoms with Gasteiger partial charge in [0.25, 0.3) is 0 Å². The lowest BCUT2D eigenvalue weighted by Crippen LogP contribution is -2.04. The van der Waals surface area contributed by atoms with E-state index in [0.717, 1.165) is 23.3 Å². The SMILES string of the molecule is CC(N)c1ccn(Cc2nn(C)c3ccccc23)c1. The Labute approximate surface area is 112 Å². The van der Waals surface area contributed by atoms with Crippen LogP contribution in [0.1, 0.15) is 24.2 Å². The van der Waals surface area contributed by atoms with Crippen LogP contribution in [0.3, 0.4) is 0 Å². The van der Waals surface area contributed by atoms with E-state index in [2.05, 4.69) is 46.3 Å². The largest absolute Gasteiger partial charge is 0.348 e. The molecule has 3 rings (SSSR count). The van der Waals surface area contributed by atoms with Crippen LogP contribution in [0, 0.1) is 0 Å². The van der Waals surface area contributed by atoms with Gasteiger partial charge >= 0.3 is 0 Å². The Morgan fingerprint density at radius 3 is 2.79 bits per heavy atom. The average molecular weight is 254 g/mol. The van der Waals surface area contributed by atoms with Crippen LogP contribution in [0.2, 0.25) is 0 Å². The molecule has 4 nitrogen and oxygen atoms in total. The maximum absolute atomic E-state index is 5.88. The first kappa shape index (κ1) is 12.0. The van der Waals surface area contributed by atoms with Gasteiger partial charge in [-0.05, 0) is 24.6 Å². The number of fused-ring (bicyclic) bond motifs is 1. The predicted molar refractivity (Wildman–Crippen MR) is 76.9 cm³/mol. The van der Waals surface area contributed by atoms with Gasteiger partial charge in [0, 0.05) is 30.9 Å². The fraction of sp³-hybridized carbons (Fsp3) is 0.267. The zero-order valence-corrected chi connectivity index (χ0v) is 11.2. The van der Waals surface area contributed by atoms with E-state index in [1.165, 1.54) is 5.39 Å². The van der Waals surface area contributed by atoms with Gasteiger partial charge in [0.2, 0.25) is 0 Å². The van der Waals surface area contributed by atoms with Gasteiger partial charge in [-0.25, -0.2) is 0 Å². The second-order valence-electron chi connectivity index (χ2n) is 4.99. The number of rotatable bonds is 3. The molecule has 0 bridgehead atoms. The molecule has 0 saturated heterocycles. The van der Waals surface area contributed by atoms with Crippen molar-refractivity contribution in [2.45, 2.75) is 19.5 Å². The Morgan fingerprint density at radius 2 is 2.05 bits per heavy atom. The Balaban J connectivity index is 1.96. The van der Waals surface area contributed by atoms with E-state index in [1.54, 1.807) is 0 Å². The molecule has 1 atom stereocenters. The molecule has 1 unspecified atom stereocenters. The van der Waals surface area contributed by atoms with Gasteiger partial charge in [0.05, 0.1) is 17.8 Å². The van der Waals surface area contributed by atoms with Crippen LogP contribution in [-0.2, 0) is 13.6 Å². The summed E-state index contributed by atoms with van der Waals surface area (Å²) in [5, 5.41) is 5.81. The molecule has 3 aromatic rings. The van der Waals surface area contributed by atoms with Gasteiger partial charge in [0.1, 0.15) is 0 Å². The molecule has 0 aliphatic heterocycles. The number of hydrogen-bond acceptors (Lipinski definition) is 2. The predicted octanol–water partition coefficient (Wildman–Crippen LogP) is 2.44. The van der Waals surface area contributed by atoms with Crippen molar-refractivity contribution in [1.82, 2.24) is 14.3 Å². The molecule has 4 heteroatoms. The van der Waals surface area contributed by atoms with E-state index >= 15 is 0 Å². The summed E-state index contributed by atoms with van der Waals surface area (Å²) < 4.78 is 4.06. The first-order valence-electron chi connectivity index (χ1n) is 6.47. The molecule has 1 aromatic carbocycles. The molecule has 98 valence electrons. The van der Waals surface area contributed by atoms with Crippen molar-refractivity contribution in [2.24, 2.45) is 12.8 Å². The van der Waals surface area contributed by atoms with E-state index in [1.807, 2.05) is 24.7 Å². The van der Waals surface area contributed by atoms with E-state index < -0.39 is 0 Å². The lowest BCUT2D eigenvalue weighted by Gasteiger charge is -2.02. The first-order chi connectivity index (χ1) is 9.15. The summed E-state index contributed by atoms with van der Waals surface area (Å²) in [6.45, 7) is 2.77. The maximum Gasteiger partial charge on any atom is 0.0900 e. The van der Waals surface area contributed by atoms with E-state index in [-0.39, 0.29) is 6.04 Å². The number of aromatic nitrogens is 3. The zero-order chi connectivity index (χ0) is 13.4. The van der Waals surface area contributed by atoms with Gasteiger partial charge < -0.3 is 10.3 Å². The standard InChI is InChI=1S/C15H18N4/c1-11(16)12-7-8-19(9-12)10-14-13-5-3-4-6-15(13)18(2)17-14/h3-9,11H,10,16H2,1-2H3. The molecule has 0 aliphatic rings. The van der Waals surface area contributed by atoms with E-state index in [4.69, 9.17) is 5.73 Å². The number of nitrogens with zero attached hydrogens (tertiary/aromatic N) is 3. The molecule has 19 heavy (non-hydrogen) atoms. The molecular formula is C15H18N4. The smallest absolute Gasteiger partial charge is 0.0900 e. The molecule has 0 aliphatic carbocycles. The summed E-state index contributed by atoms with van der Waals surface area (Å²) >= 11 is 0. The Hall–Kier alpha value is -2.07. The minimum Gasteiger partial charge on any atom is -0.348 e. The molecular weight excluding hydrogens is 236 g/mol. The van der Waals surface area contributed by atoms with Crippen molar-refractivity contribution in [3.05, 3.63) is 54.0 Å². The highest BCUT2D eigenvalue weighted by atomic mass is 15.3. The van der Waals surface area contributed by atoms with Crippen molar-refractivity contribution in [1.29, 1.82) is 0 Å². The third-order valence-corrected chi connectivity index (χ3v) is 3.47. The van der Waals surface area contributed by atoms with Crippen molar-refractivity contribution in [3.63, 3.8) is 0 Å². The van der Waals surface area contributed by atoms with Crippen LogP contribution in [-0.4, -0.2) is 14.3 Å². The molecule has 0 radical (unpaired) electrons. The van der Waals surface area contributed by atoms with Crippen LogP contribution in [0.5, 0.6) is 0 Å². The summed E-state index contributed by atoms with van der Waals surface area (Å²) in [6, 6.07) is 10.4. The highest BCUT2D eigenvalue weighted by Gasteiger charge is 2.09. The van der Waals surface area contributed by atoms with Crippen LogP contribution in [0.25, 0.3) is 10.9 Å². The number of benzene rings is 1. The van der Waals surface area contributed by atoms with Gasteiger partial charge in [-0.2, -0.15) is 5.10 Å². The summed E-state index contributed by atoms with van der Waals surface area (Å²) in [4.78, 5) is 0. The fourth-order valence-electron chi connectivity index (χ4n) is 2.41. The maximum atomic E-state index is 5.88. The number of para-hydroxylation sites is 1. The lowest BCUT2D eigenvalue weighted by molar-refractivity contribution is 0.717. The highest BCUT2D eigenvalue weighted by molar-refractivity contribution is 5.81. The van der Waals surface area contributed by atoms with Crippen molar-refractivity contribution in [2.75, 3.05) is 0 Å². The molecule has 0 fully saturated rings. The second kappa shape index (κ2) is 4.55. The van der Waals surface area contributed by atoms with Crippen LogP contribution < -0.4 is 5.73 Å². The number of nitrogens with two attached hydrogens (primary N) is 1. The Morgan fingerprint density at radius 1 is 1.26 bits per heavy atom. The van der Waals surface area contributed by atoms with Crippen LogP contribution in [0.15, 0.2) is 42.7 Å². The second-order valence-corrected chi connectivity index (χ2v) is 4.99. The summed E-state index contributed by atoms with van der Waals surface area (Å²) in [5.74, 6) is 0. The fourth-order valence-corrected chi connectivity index (χ4v) is 2.41. The Kier molecular flexibility index (Phi) is 2.87. The van der Waals surface area contributed by atoms with Crippen molar-refractivity contribution < 1.29 is 0 Å². The number of hydrogen-bond donors (Lipinski definition) is 1. The van der Waals surface area contributed by atoms with Gasteiger partial charge in [-0.1, -0.05) is 18.2 Å². The van der Waals surface area contributed by atoms with E-state index in [0.29, 0.717) is 0 Å². The molecule has 2 aromatic heterocycles. The van der Waals surface area contributed by atoms with Gasteiger partial charge in [0.15, 0.2) is 0 Å². The summed E-state index contributed by atoms with van der Waals surface area (Å²) in [7, 11) is 1.98. The highest BCUT2D eigenvalue weighted by Crippen LogP contribution is 2.19.